The fraction of sp³-hybridized carbons (Fsp3) is 0.481. The van der Waals surface area contributed by atoms with E-state index in [1.165, 1.54) is 9.21 Å². The van der Waals surface area contributed by atoms with Crippen LogP contribution in [0.4, 0.5) is 5.69 Å². The molecule has 204 valence electrons. The third-order valence-electron chi connectivity index (χ3n) is 5.74. The molecule has 2 aromatic rings. The molecule has 0 heterocycles. The molecule has 0 saturated carbocycles. The maximum Gasteiger partial charge on any atom is 0.242 e. The lowest BCUT2D eigenvalue weighted by Crippen LogP contribution is -2.48. The summed E-state index contributed by atoms with van der Waals surface area (Å²) in [5, 5.41) is 3.39. The Morgan fingerprint density at radius 1 is 1.05 bits per heavy atom. The molecule has 10 heteroatoms. The Labute approximate surface area is 226 Å². The van der Waals surface area contributed by atoms with Crippen molar-refractivity contribution in [3.05, 3.63) is 59.1 Å². The molecule has 8 nitrogen and oxygen atoms in total. The first kappa shape index (κ1) is 30.4. The molecule has 0 spiro atoms. The van der Waals surface area contributed by atoms with Crippen LogP contribution in [0, 0.1) is 5.92 Å². The number of hydrogen-bond acceptors (Lipinski definition) is 5. The lowest BCUT2D eigenvalue weighted by molar-refractivity contribution is -0.140. The number of anilines is 1. The zero-order valence-corrected chi connectivity index (χ0v) is 23.8. The highest BCUT2D eigenvalue weighted by molar-refractivity contribution is 7.92. The van der Waals surface area contributed by atoms with E-state index in [1.54, 1.807) is 43.3 Å². The maximum absolute atomic E-state index is 13.3. The SMILES string of the molecule is CCOc1ccc(N(CCCC(=O)N(Cc2ccccc2Cl)[C@H](C)C(=O)NCC(C)C)S(C)(=O)=O)cc1. The van der Waals surface area contributed by atoms with Gasteiger partial charge in [-0.1, -0.05) is 43.6 Å². The molecule has 0 unspecified atom stereocenters. The van der Waals surface area contributed by atoms with Crippen molar-refractivity contribution in [2.24, 2.45) is 5.92 Å². The number of benzene rings is 2. The third-order valence-corrected chi connectivity index (χ3v) is 7.30. The Morgan fingerprint density at radius 3 is 2.27 bits per heavy atom. The van der Waals surface area contributed by atoms with Crippen molar-refractivity contribution >= 4 is 39.1 Å². The molecular formula is C27H38ClN3O5S. The van der Waals surface area contributed by atoms with Gasteiger partial charge in [-0.2, -0.15) is 0 Å². The molecule has 1 N–H and O–H groups in total. The molecule has 0 bridgehead atoms. The van der Waals surface area contributed by atoms with Gasteiger partial charge in [0.1, 0.15) is 11.8 Å². The summed E-state index contributed by atoms with van der Waals surface area (Å²) in [6, 6.07) is 13.3. The van der Waals surface area contributed by atoms with Crippen LogP contribution in [0.15, 0.2) is 48.5 Å². The average Bonchev–Trinajstić information content (AvgIpc) is 2.84. The number of carbonyl (C=O) groups is 2. The highest BCUT2D eigenvalue weighted by Crippen LogP contribution is 2.23. The second-order valence-electron chi connectivity index (χ2n) is 9.29. The van der Waals surface area contributed by atoms with Gasteiger partial charge < -0.3 is 15.0 Å². The van der Waals surface area contributed by atoms with E-state index in [1.807, 2.05) is 32.9 Å². The van der Waals surface area contributed by atoms with Gasteiger partial charge in [0.15, 0.2) is 0 Å². The molecule has 0 fully saturated rings. The van der Waals surface area contributed by atoms with E-state index in [9.17, 15) is 18.0 Å². The van der Waals surface area contributed by atoms with E-state index >= 15 is 0 Å². The minimum atomic E-state index is -3.57. The Kier molecular flexibility index (Phi) is 11.7. The first-order valence-electron chi connectivity index (χ1n) is 12.4. The summed E-state index contributed by atoms with van der Waals surface area (Å²) in [5.74, 6) is 0.414. The van der Waals surface area contributed by atoms with Gasteiger partial charge >= 0.3 is 0 Å². The predicted molar refractivity (Wildman–Crippen MR) is 148 cm³/mol. The van der Waals surface area contributed by atoms with Crippen molar-refractivity contribution in [2.45, 2.75) is 53.1 Å². The smallest absolute Gasteiger partial charge is 0.242 e. The molecule has 2 aromatic carbocycles. The van der Waals surface area contributed by atoms with Crippen LogP contribution < -0.4 is 14.4 Å². The number of halogens is 1. The number of sulfonamides is 1. The summed E-state index contributed by atoms with van der Waals surface area (Å²) < 4.78 is 31.7. The fourth-order valence-electron chi connectivity index (χ4n) is 3.72. The second-order valence-corrected chi connectivity index (χ2v) is 11.6. The zero-order chi connectivity index (χ0) is 27.6. The van der Waals surface area contributed by atoms with E-state index in [4.69, 9.17) is 16.3 Å². The van der Waals surface area contributed by atoms with Gasteiger partial charge in [0.25, 0.3) is 0 Å². The number of rotatable bonds is 14. The molecule has 2 rings (SSSR count). The maximum atomic E-state index is 13.3. The van der Waals surface area contributed by atoms with Crippen molar-refractivity contribution in [3.63, 3.8) is 0 Å². The van der Waals surface area contributed by atoms with Gasteiger partial charge in [0.05, 0.1) is 18.6 Å². The highest BCUT2D eigenvalue weighted by Gasteiger charge is 2.27. The van der Waals surface area contributed by atoms with E-state index in [0.29, 0.717) is 29.6 Å². The van der Waals surface area contributed by atoms with Gasteiger partial charge in [0, 0.05) is 31.1 Å². The summed E-state index contributed by atoms with van der Waals surface area (Å²) in [6.07, 6.45) is 1.48. The Bertz CT molecular complexity index is 1140. The molecule has 1 atom stereocenters. The summed E-state index contributed by atoms with van der Waals surface area (Å²) in [5.41, 5.74) is 1.22. The summed E-state index contributed by atoms with van der Waals surface area (Å²) in [6.45, 7) is 8.85. The molecule has 0 radical (unpaired) electrons. The first-order valence-corrected chi connectivity index (χ1v) is 14.7. The lowest BCUT2D eigenvalue weighted by Gasteiger charge is -2.30. The second kappa shape index (κ2) is 14.2. The van der Waals surface area contributed by atoms with Gasteiger partial charge in [-0.15, -0.1) is 0 Å². The van der Waals surface area contributed by atoms with Crippen molar-refractivity contribution in [1.29, 1.82) is 0 Å². The van der Waals surface area contributed by atoms with Crippen LogP contribution in [0.5, 0.6) is 5.75 Å². The molecule has 0 saturated heterocycles. The molecule has 37 heavy (non-hydrogen) atoms. The molecule has 0 aliphatic rings. The fourth-order valence-corrected chi connectivity index (χ4v) is 4.89. The predicted octanol–water partition coefficient (Wildman–Crippen LogP) is 4.47. The van der Waals surface area contributed by atoms with E-state index in [2.05, 4.69) is 5.32 Å². The molecular weight excluding hydrogens is 514 g/mol. The Hall–Kier alpha value is -2.78. The molecule has 0 aliphatic carbocycles. The number of hydrogen-bond donors (Lipinski definition) is 1. The van der Waals surface area contributed by atoms with Crippen molar-refractivity contribution in [2.75, 3.05) is 30.3 Å². The van der Waals surface area contributed by atoms with Gasteiger partial charge in [0.2, 0.25) is 21.8 Å². The number of nitrogens with zero attached hydrogens (tertiary/aromatic N) is 2. The highest BCUT2D eigenvalue weighted by atomic mass is 35.5. The standard InChI is InChI=1S/C27H38ClN3O5S/c1-6-36-24-15-13-23(14-16-24)31(37(5,34)35)17-9-12-26(32)30(19-22-10-7-8-11-25(22)28)21(4)27(33)29-18-20(2)3/h7-8,10-11,13-16,20-21H,6,9,12,17-19H2,1-5H3,(H,29,33)/t21-/m1/s1. The van der Waals surface area contributed by atoms with Crippen LogP contribution in [0.25, 0.3) is 0 Å². The van der Waals surface area contributed by atoms with Crippen LogP contribution in [-0.4, -0.2) is 57.1 Å². The van der Waals surface area contributed by atoms with E-state index in [0.717, 1.165) is 11.8 Å². The third kappa shape index (κ3) is 9.55. The number of amides is 2. The Morgan fingerprint density at radius 2 is 1.70 bits per heavy atom. The number of nitrogens with one attached hydrogen (secondary N) is 1. The molecule has 0 aliphatic heterocycles. The van der Waals surface area contributed by atoms with Gasteiger partial charge in [-0.05, 0) is 62.1 Å². The van der Waals surface area contributed by atoms with Crippen molar-refractivity contribution < 1.29 is 22.7 Å². The lowest BCUT2D eigenvalue weighted by atomic mass is 10.1. The number of ether oxygens (including phenoxy) is 1. The van der Waals surface area contributed by atoms with Crippen LogP contribution >= 0.6 is 11.6 Å². The number of carbonyl (C=O) groups excluding carboxylic acids is 2. The van der Waals surface area contributed by atoms with E-state index < -0.39 is 16.1 Å². The monoisotopic (exact) mass is 551 g/mol. The normalized spacial score (nSPS) is 12.2. The minimum Gasteiger partial charge on any atom is -0.494 e. The summed E-state index contributed by atoms with van der Waals surface area (Å²) >= 11 is 6.33. The minimum absolute atomic E-state index is 0.0648. The summed E-state index contributed by atoms with van der Waals surface area (Å²) in [7, 11) is -3.57. The molecule has 2 amide bonds. The van der Waals surface area contributed by atoms with E-state index in [-0.39, 0.29) is 43.7 Å². The quantitative estimate of drug-likeness (QED) is 0.373. The summed E-state index contributed by atoms with van der Waals surface area (Å²) in [4.78, 5) is 27.6. The van der Waals surface area contributed by atoms with Gasteiger partial charge in [-0.3, -0.25) is 13.9 Å². The van der Waals surface area contributed by atoms with Crippen molar-refractivity contribution in [3.8, 4) is 5.75 Å². The average molecular weight is 552 g/mol. The van der Waals surface area contributed by atoms with Crippen LogP contribution in [0.1, 0.15) is 46.1 Å². The molecule has 0 aromatic heterocycles. The van der Waals surface area contributed by atoms with Crippen LogP contribution in [0.3, 0.4) is 0 Å². The van der Waals surface area contributed by atoms with Gasteiger partial charge in [-0.25, -0.2) is 8.42 Å². The largest absolute Gasteiger partial charge is 0.494 e. The zero-order valence-electron chi connectivity index (χ0n) is 22.2. The topological polar surface area (TPSA) is 96.0 Å². The van der Waals surface area contributed by atoms with Crippen LogP contribution in [0.2, 0.25) is 5.02 Å². The Balaban J connectivity index is 2.16. The van der Waals surface area contributed by atoms with Crippen LogP contribution in [-0.2, 0) is 26.2 Å². The van der Waals surface area contributed by atoms with Crippen molar-refractivity contribution in [1.82, 2.24) is 10.2 Å². The first-order chi connectivity index (χ1) is 17.4.